The van der Waals surface area contributed by atoms with E-state index in [9.17, 15) is 8.42 Å². The van der Waals surface area contributed by atoms with Gasteiger partial charge < -0.3 is 9.47 Å². The van der Waals surface area contributed by atoms with Gasteiger partial charge in [-0.25, -0.2) is 13.4 Å². The zero-order valence-electron chi connectivity index (χ0n) is 10.1. The maximum atomic E-state index is 12.2. The molecule has 1 aliphatic rings. The Morgan fingerprint density at radius 1 is 1.28 bits per heavy atom. The minimum atomic E-state index is -3.61. The lowest BCUT2D eigenvalue weighted by Gasteiger charge is -2.26. The van der Waals surface area contributed by atoms with Gasteiger partial charge in [0.25, 0.3) is 10.0 Å². The Kier molecular flexibility index (Phi) is 4.18. The minimum absolute atomic E-state index is 0.138. The second-order valence-corrected chi connectivity index (χ2v) is 5.47. The van der Waals surface area contributed by atoms with Crippen LogP contribution in [0.2, 0.25) is 0 Å². The van der Waals surface area contributed by atoms with Gasteiger partial charge in [-0.05, 0) is 12.1 Å². The van der Waals surface area contributed by atoms with E-state index in [1.54, 1.807) is 23.2 Å². The van der Waals surface area contributed by atoms with Crippen molar-refractivity contribution in [3.8, 4) is 5.75 Å². The van der Waals surface area contributed by atoms with Crippen molar-refractivity contribution in [2.75, 3.05) is 33.4 Å². The van der Waals surface area contributed by atoms with E-state index in [4.69, 9.17) is 9.47 Å². The average Bonchev–Trinajstić information content (AvgIpc) is 2.39. The lowest BCUT2D eigenvalue weighted by Crippen LogP contribution is -2.48. The molecule has 1 heterocycles. The van der Waals surface area contributed by atoms with Crippen LogP contribution in [0.25, 0.3) is 0 Å². The summed E-state index contributed by atoms with van der Waals surface area (Å²) in [4.78, 5) is 2.67. The van der Waals surface area contributed by atoms with Crippen LogP contribution in [-0.4, -0.2) is 46.8 Å². The normalized spacial score (nSPS) is 17.6. The molecule has 1 aromatic carbocycles. The van der Waals surface area contributed by atoms with Crippen LogP contribution in [0.5, 0.6) is 5.75 Å². The molecule has 18 heavy (non-hydrogen) atoms. The first kappa shape index (κ1) is 13.3. The predicted octanol–water partition coefficient (Wildman–Crippen LogP) is 0.221. The smallest absolute Gasteiger partial charge is 0.257 e. The SMILES string of the molecule is COc1ccccc1S(=O)(=O)NN1CCOCC1. The average molecular weight is 272 g/mol. The van der Waals surface area contributed by atoms with Crippen molar-refractivity contribution in [2.45, 2.75) is 4.90 Å². The monoisotopic (exact) mass is 272 g/mol. The number of morpholine rings is 1. The fraction of sp³-hybridized carbons (Fsp3) is 0.455. The third kappa shape index (κ3) is 2.99. The van der Waals surface area contributed by atoms with Crippen molar-refractivity contribution < 1.29 is 17.9 Å². The van der Waals surface area contributed by atoms with Crippen molar-refractivity contribution in [1.29, 1.82) is 0 Å². The Bertz CT molecular complexity index is 498. The number of sulfonamides is 1. The van der Waals surface area contributed by atoms with E-state index in [2.05, 4.69) is 4.83 Å². The van der Waals surface area contributed by atoms with Crippen molar-refractivity contribution in [3.05, 3.63) is 24.3 Å². The molecule has 6 nitrogen and oxygen atoms in total. The summed E-state index contributed by atoms with van der Waals surface area (Å²) < 4.78 is 34.6. The number of rotatable bonds is 4. The Morgan fingerprint density at radius 3 is 2.61 bits per heavy atom. The first-order valence-electron chi connectivity index (χ1n) is 5.61. The third-order valence-corrected chi connectivity index (χ3v) is 4.03. The topological polar surface area (TPSA) is 67.9 Å². The molecule has 0 amide bonds. The quantitative estimate of drug-likeness (QED) is 0.849. The predicted molar refractivity (Wildman–Crippen MR) is 65.7 cm³/mol. The fourth-order valence-electron chi connectivity index (χ4n) is 1.71. The lowest BCUT2D eigenvalue weighted by atomic mass is 10.3. The van der Waals surface area contributed by atoms with Gasteiger partial charge in [-0.15, -0.1) is 4.83 Å². The Balaban J connectivity index is 2.19. The fourth-order valence-corrected chi connectivity index (χ4v) is 3.01. The van der Waals surface area contributed by atoms with Crippen LogP contribution in [-0.2, 0) is 14.8 Å². The number of hydrazine groups is 1. The lowest BCUT2D eigenvalue weighted by molar-refractivity contribution is 0.0272. The van der Waals surface area contributed by atoms with Gasteiger partial charge in [0.05, 0.1) is 20.3 Å². The highest BCUT2D eigenvalue weighted by molar-refractivity contribution is 7.89. The molecule has 1 saturated heterocycles. The molecule has 2 rings (SSSR count). The van der Waals surface area contributed by atoms with E-state index < -0.39 is 10.0 Å². The molecule has 1 aromatic rings. The number of hydrogen-bond donors (Lipinski definition) is 1. The largest absolute Gasteiger partial charge is 0.495 e. The maximum Gasteiger partial charge on any atom is 0.257 e. The van der Waals surface area contributed by atoms with Gasteiger partial charge in [-0.3, -0.25) is 0 Å². The molecule has 0 radical (unpaired) electrons. The maximum absolute atomic E-state index is 12.2. The van der Waals surface area contributed by atoms with Gasteiger partial charge in [0.1, 0.15) is 10.6 Å². The summed E-state index contributed by atoms with van der Waals surface area (Å²) in [5, 5.41) is 1.63. The van der Waals surface area contributed by atoms with E-state index in [1.165, 1.54) is 13.2 Å². The molecule has 1 aliphatic heterocycles. The van der Waals surface area contributed by atoms with E-state index in [0.717, 1.165) is 0 Å². The molecule has 1 fully saturated rings. The number of nitrogens with one attached hydrogen (secondary N) is 1. The van der Waals surface area contributed by atoms with Crippen molar-refractivity contribution in [1.82, 2.24) is 9.84 Å². The highest BCUT2D eigenvalue weighted by Gasteiger charge is 2.22. The van der Waals surface area contributed by atoms with Crippen molar-refractivity contribution >= 4 is 10.0 Å². The molecule has 0 bridgehead atoms. The Morgan fingerprint density at radius 2 is 1.94 bits per heavy atom. The zero-order valence-corrected chi connectivity index (χ0v) is 10.9. The molecular weight excluding hydrogens is 256 g/mol. The van der Waals surface area contributed by atoms with Crippen molar-refractivity contribution in [2.24, 2.45) is 0 Å². The summed E-state index contributed by atoms with van der Waals surface area (Å²) in [6.07, 6.45) is 0. The third-order valence-electron chi connectivity index (χ3n) is 2.62. The standard InChI is InChI=1S/C11H16N2O4S/c1-16-10-4-2-3-5-11(10)18(14,15)12-13-6-8-17-9-7-13/h2-5,12H,6-9H2,1H3. The summed E-state index contributed by atoms with van der Waals surface area (Å²) in [6.45, 7) is 2.12. The summed E-state index contributed by atoms with van der Waals surface area (Å²) in [5.74, 6) is 0.332. The molecule has 0 atom stereocenters. The van der Waals surface area contributed by atoms with Gasteiger partial charge in [-0.2, -0.15) is 0 Å². The Labute approximate surface area is 107 Å². The molecule has 0 unspecified atom stereocenters. The van der Waals surface area contributed by atoms with E-state index in [-0.39, 0.29) is 4.90 Å². The zero-order chi connectivity index (χ0) is 13.0. The van der Waals surface area contributed by atoms with Crippen molar-refractivity contribution in [3.63, 3.8) is 0 Å². The van der Waals surface area contributed by atoms with E-state index in [0.29, 0.717) is 32.1 Å². The Hall–Kier alpha value is -1.15. The van der Waals surface area contributed by atoms with E-state index >= 15 is 0 Å². The summed E-state index contributed by atoms with van der Waals surface area (Å²) in [7, 11) is -2.16. The van der Waals surface area contributed by atoms with Gasteiger partial charge >= 0.3 is 0 Å². The van der Waals surface area contributed by atoms with Crippen LogP contribution in [0.4, 0.5) is 0 Å². The molecule has 0 saturated carbocycles. The molecule has 1 N–H and O–H groups in total. The van der Waals surface area contributed by atoms with Gasteiger partial charge in [-0.1, -0.05) is 12.1 Å². The van der Waals surface area contributed by atoms with Crippen LogP contribution >= 0.6 is 0 Å². The number of para-hydroxylation sites is 1. The first-order chi connectivity index (χ1) is 8.63. The van der Waals surface area contributed by atoms with E-state index in [1.807, 2.05) is 0 Å². The van der Waals surface area contributed by atoms with Crippen LogP contribution in [0.15, 0.2) is 29.2 Å². The first-order valence-corrected chi connectivity index (χ1v) is 7.10. The highest BCUT2D eigenvalue weighted by atomic mass is 32.2. The van der Waals surface area contributed by atoms with Gasteiger partial charge in [0.2, 0.25) is 0 Å². The van der Waals surface area contributed by atoms with Crippen LogP contribution in [0.1, 0.15) is 0 Å². The van der Waals surface area contributed by atoms with Gasteiger partial charge in [0.15, 0.2) is 0 Å². The molecule has 0 spiro atoms. The number of nitrogens with zero attached hydrogens (tertiary/aromatic N) is 1. The summed E-state index contributed by atoms with van der Waals surface area (Å²) >= 11 is 0. The second kappa shape index (κ2) is 5.66. The summed E-state index contributed by atoms with van der Waals surface area (Å²) in [5.41, 5.74) is 0. The van der Waals surface area contributed by atoms with Crippen LogP contribution < -0.4 is 9.57 Å². The minimum Gasteiger partial charge on any atom is -0.495 e. The number of methoxy groups -OCH3 is 1. The van der Waals surface area contributed by atoms with Gasteiger partial charge in [0, 0.05) is 13.1 Å². The molecule has 7 heteroatoms. The molecule has 0 aromatic heterocycles. The molecule has 0 aliphatic carbocycles. The molecular formula is C11H16N2O4S. The van der Waals surface area contributed by atoms with Crippen LogP contribution in [0.3, 0.4) is 0 Å². The highest BCUT2D eigenvalue weighted by Crippen LogP contribution is 2.22. The number of hydrogen-bond acceptors (Lipinski definition) is 5. The molecule has 100 valence electrons. The number of benzene rings is 1. The number of ether oxygens (including phenoxy) is 2. The second-order valence-electron chi connectivity index (χ2n) is 3.85. The summed E-state index contributed by atoms with van der Waals surface area (Å²) in [6, 6.07) is 6.53. The van der Waals surface area contributed by atoms with Crippen LogP contribution in [0, 0.1) is 0 Å².